The Morgan fingerprint density at radius 2 is 1.52 bits per heavy atom. The highest BCUT2D eigenvalue weighted by molar-refractivity contribution is 6.74. The minimum Gasteiger partial charge on any atom is -0.460 e. The third-order valence-electron chi connectivity index (χ3n) is 15.6. The van der Waals surface area contributed by atoms with Gasteiger partial charge in [0, 0.05) is 6.42 Å². The van der Waals surface area contributed by atoms with E-state index in [0.717, 1.165) is 55.9 Å². The number of carbonyl (C=O) groups is 1. The molecule has 4 bridgehead atoms. The van der Waals surface area contributed by atoms with Crippen LogP contribution in [0.3, 0.4) is 0 Å². The fraction of sp³-hybridized carbons (Fsp3) is 0.800. The lowest BCUT2D eigenvalue weighted by Gasteiger charge is -2.53. The number of rotatable bonds is 10. The third-order valence-corrected chi connectivity index (χ3v) is 24.7. The van der Waals surface area contributed by atoms with Gasteiger partial charge in [0.2, 0.25) is 0 Å². The summed E-state index contributed by atoms with van der Waals surface area (Å²) in [4.78, 5) is 13.1. The second kappa shape index (κ2) is 14.7. The normalized spacial score (nSPS) is 37.4. The molecule has 0 aromatic heterocycles. The molecule has 0 heterocycles. The highest BCUT2D eigenvalue weighted by atomic mass is 28.4. The zero-order valence-electron chi connectivity index (χ0n) is 35.2. The van der Waals surface area contributed by atoms with Crippen molar-refractivity contribution in [3.63, 3.8) is 0 Å². The molecule has 1 unspecified atom stereocenters. The van der Waals surface area contributed by atoms with Gasteiger partial charge >= 0.3 is 5.97 Å². The van der Waals surface area contributed by atoms with Crippen molar-refractivity contribution in [2.45, 2.75) is 187 Å². The molecule has 6 fully saturated rings. The number of carbonyl (C=O) groups excluding carboxylic acids is 1. The van der Waals surface area contributed by atoms with E-state index in [1.807, 2.05) is 0 Å². The van der Waals surface area contributed by atoms with Crippen LogP contribution in [-0.2, 0) is 23.1 Å². The van der Waals surface area contributed by atoms with Crippen LogP contribution in [0.1, 0.15) is 126 Å². The van der Waals surface area contributed by atoms with E-state index in [1.165, 1.54) is 48.8 Å². The largest absolute Gasteiger partial charge is 0.460 e. The van der Waals surface area contributed by atoms with Crippen molar-refractivity contribution in [3.8, 4) is 0 Å². The molecule has 292 valence electrons. The van der Waals surface area contributed by atoms with E-state index in [0.29, 0.717) is 17.8 Å². The molecule has 5 nitrogen and oxygen atoms in total. The second-order valence-electron chi connectivity index (χ2n) is 21.3. The minimum atomic E-state index is -2.02. The number of allylic oxidation sites excluding steroid dienone is 4. The molecule has 7 rings (SSSR count). The first-order valence-electron chi connectivity index (χ1n) is 21.0. The second-order valence-corrected chi connectivity index (χ2v) is 30.8. The molecule has 0 amide bonds. The predicted octanol–water partition coefficient (Wildman–Crippen LogP) is 11.9. The molecule has 0 spiro atoms. The van der Waals surface area contributed by atoms with Crippen molar-refractivity contribution in [3.05, 3.63) is 47.1 Å². The Balaban J connectivity index is 1.13. The SMILES string of the molecule is C=C1/C(=C\C=C2/CCC[C@]3(C)C(C(C)OCC(=O)OC4C5CC6CC(C5)CC4C6)=CC[C@@H]23)C[C@@H](O[Si](C)(C)C(C)(C)C)C[C@@H]1O[Si](C)(C)C(C)(C)C. The first-order chi connectivity index (χ1) is 24.1. The van der Waals surface area contributed by atoms with Crippen LogP contribution in [0, 0.1) is 35.0 Å². The summed E-state index contributed by atoms with van der Waals surface area (Å²) < 4.78 is 26.7. The average molecular weight is 751 g/mol. The summed E-state index contributed by atoms with van der Waals surface area (Å²) in [6.07, 6.45) is 20.1. The summed E-state index contributed by atoms with van der Waals surface area (Å²) in [5.74, 6) is 3.19. The lowest BCUT2D eigenvalue weighted by Crippen LogP contribution is -2.50. The first kappa shape index (κ1) is 40.4. The van der Waals surface area contributed by atoms with E-state index in [4.69, 9.17) is 18.3 Å². The highest BCUT2D eigenvalue weighted by Crippen LogP contribution is 2.57. The first-order valence-corrected chi connectivity index (χ1v) is 26.9. The van der Waals surface area contributed by atoms with Gasteiger partial charge in [-0.1, -0.05) is 78.8 Å². The van der Waals surface area contributed by atoms with E-state index in [-0.39, 0.29) is 52.5 Å². The fourth-order valence-corrected chi connectivity index (χ4v) is 13.5. The van der Waals surface area contributed by atoms with Crippen molar-refractivity contribution in [2.24, 2.45) is 35.0 Å². The smallest absolute Gasteiger partial charge is 0.332 e. The van der Waals surface area contributed by atoms with Gasteiger partial charge in [0.15, 0.2) is 16.6 Å². The molecule has 5 atom stereocenters. The number of hydrogen-bond acceptors (Lipinski definition) is 5. The molecule has 0 N–H and O–H groups in total. The van der Waals surface area contributed by atoms with Gasteiger partial charge in [0.05, 0.1) is 18.3 Å². The molecule has 0 radical (unpaired) electrons. The molecule has 0 aliphatic heterocycles. The van der Waals surface area contributed by atoms with Crippen LogP contribution in [0.2, 0.25) is 36.3 Å². The van der Waals surface area contributed by atoms with Gasteiger partial charge in [-0.3, -0.25) is 0 Å². The van der Waals surface area contributed by atoms with Crippen molar-refractivity contribution in [1.82, 2.24) is 0 Å². The standard InChI is InChI=1S/C45H74O5Si2/c1-29-34(26-37(49-51(10,11)43(3,4)5)27-40(29)50-52(12,13)44(6,7)8)17-16-33-15-14-20-45(9)38(18-19-39(33)45)30(2)47-28-41(46)48-42-35-22-31-21-32(24-35)25-36(42)23-31/h16-18,30-32,35-37,39-40,42H,1,14-15,19-28H2,2-13H3/b33-16+,34-17-/t30?,31?,32?,35?,36?,37-,39+,40+,42?,45-/m1/s1. The maximum atomic E-state index is 13.1. The number of fused-ring (bicyclic) bond motifs is 1. The van der Waals surface area contributed by atoms with Gasteiger partial charge in [-0.25, -0.2) is 4.79 Å². The summed E-state index contributed by atoms with van der Waals surface area (Å²) >= 11 is 0. The Morgan fingerprint density at radius 1 is 0.923 bits per heavy atom. The Kier molecular flexibility index (Phi) is 11.4. The lowest BCUT2D eigenvalue weighted by molar-refractivity contribution is -0.176. The maximum Gasteiger partial charge on any atom is 0.332 e. The van der Waals surface area contributed by atoms with Gasteiger partial charge < -0.3 is 18.3 Å². The van der Waals surface area contributed by atoms with Crippen LogP contribution in [0.25, 0.3) is 0 Å². The van der Waals surface area contributed by atoms with E-state index >= 15 is 0 Å². The third kappa shape index (κ3) is 8.15. The van der Waals surface area contributed by atoms with E-state index in [2.05, 4.69) is 106 Å². The molecule has 7 aliphatic rings. The summed E-state index contributed by atoms with van der Waals surface area (Å²) in [5.41, 5.74) is 5.37. The van der Waals surface area contributed by atoms with Crippen LogP contribution in [-0.4, -0.2) is 53.6 Å². The van der Waals surface area contributed by atoms with Crippen LogP contribution < -0.4 is 0 Å². The quantitative estimate of drug-likeness (QED) is 0.126. The summed E-state index contributed by atoms with van der Waals surface area (Å²) in [6, 6.07) is 0. The molecule has 6 saturated carbocycles. The molecule has 0 aromatic carbocycles. The average Bonchev–Trinajstić information content (AvgIpc) is 3.38. The highest BCUT2D eigenvalue weighted by Gasteiger charge is 2.51. The van der Waals surface area contributed by atoms with Crippen molar-refractivity contribution >= 4 is 22.6 Å². The number of esters is 1. The Hall–Kier alpha value is -1.26. The number of ether oxygens (including phenoxy) is 2. The summed E-state index contributed by atoms with van der Waals surface area (Å²) in [6.45, 7) is 32.7. The van der Waals surface area contributed by atoms with Crippen LogP contribution in [0.5, 0.6) is 0 Å². The topological polar surface area (TPSA) is 54.0 Å². The van der Waals surface area contributed by atoms with Gasteiger partial charge in [-0.15, -0.1) is 0 Å². The van der Waals surface area contributed by atoms with Crippen LogP contribution >= 0.6 is 0 Å². The Bertz CT molecular complexity index is 1430. The van der Waals surface area contributed by atoms with Crippen LogP contribution in [0.15, 0.2) is 47.1 Å². The molecule has 0 aromatic rings. The lowest BCUT2D eigenvalue weighted by atomic mass is 9.55. The summed E-state index contributed by atoms with van der Waals surface area (Å²) in [5, 5.41) is 0.278. The monoisotopic (exact) mass is 751 g/mol. The van der Waals surface area contributed by atoms with E-state index in [1.54, 1.807) is 0 Å². The van der Waals surface area contributed by atoms with Crippen LogP contribution in [0.4, 0.5) is 0 Å². The van der Waals surface area contributed by atoms with Gasteiger partial charge in [-0.2, -0.15) is 0 Å². The molecular formula is C45H74O5Si2. The van der Waals surface area contributed by atoms with Gasteiger partial charge in [0.1, 0.15) is 12.7 Å². The Labute approximate surface area is 320 Å². The van der Waals surface area contributed by atoms with Crippen molar-refractivity contribution < 1.29 is 23.1 Å². The van der Waals surface area contributed by atoms with Crippen molar-refractivity contribution in [2.75, 3.05) is 6.61 Å². The molecule has 52 heavy (non-hydrogen) atoms. The fourth-order valence-electron chi connectivity index (χ4n) is 10.8. The molecule has 7 heteroatoms. The summed E-state index contributed by atoms with van der Waals surface area (Å²) in [7, 11) is -3.98. The maximum absolute atomic E-state index is 13.1. The van der Waals surface area contributed by atoms with E-state index in [9.17, 15) is 4.79 Å². The zero-order valence-corrected chi connectivity index (χ0v) is 37.2. The van der Waals surface area contributed by atoms with E-state index < -0.39 is 16.6 Å². The molecule has 7 aliphatic carbocycles. The minimum absolute atomic E-state index is 0.0153. The zero-order chi connectivity index (χ0) is 38.0. The van der Waals surface area contributed by atoms with Gasteiger partial charge in [0.25, 0.3) is 0 Å². The number of hydrogen-bond donors (Lipinski definition) is 0. The molecule has 0 saturated heterocycles. The predicted molar refractivity (Wildman–Crippen MR) is 219 cm³/mol. The Morgan fingerprint density at radius 3 is 2.12 bits per heavy atom. The van der Waals surface area contributed by atoms with Crippen molar-refractivity contribution in [1.29, 1.82) is 0 Å². The van der Waals surface area contributed by atoms with Gasteiger partial charge in [-0.05, 0) is 159 Å². The molecular weight excluding hydrogens is 677 g/mol.